The number of rotatable bonds is 0. The Hall–Kier alpha value is -0.975. The molecule has 0 nitrogen and oxygen atoms in total. The molecule has 4 aliphatic carbocycles. The molecule has 0 bridgehead atoms. The molecule has 0 N–H and O–H groups in total. The summed E-state index contributed by atoms with van der Waals surface area (Å²) >= 11 is 0. The Bertz CT molecular complexity index is 546. The molecule has 20 heavy (non-hydrogen) atoms. The molecular formula is C19H23B. The van der Waals surface area contributed by atoms with Gasteiger partial charge in [0.1, 0.15) is 0 Å². The van der Waals surface area contributed by atoms with Crippen LogP contribution >= 0.6 is 0 Å². The first-order valence-corrected chi connectivity index (χ1v) is 8.08. The largest absolute Gasteiger partial charge is 0.0935 e. The second-order valence-corrected chi connectivity index (χ2v) is 7.65. The van der Waals surface area contributed by atoms with Crippen LogP contribution in [0.4, 0.5) is 0 Å². The molecule has 0 saturated heterocycles. The fourth-order valence-corrected chi connectivity index (χ4v) is 5.14. The van der Waals surface area contributed by atoms with E-state index in [1.165, 1.54) is 12.8 Å². The van der Waals surface area contributed by atoms with E-state index >= 15 is 0 Å². The van der Waals surface area contributed by atoms with E-state index < -0.39 is 0 Å². The smallest absolute Gasteiger partial charge is 0.0755 e. The Balaban J connectivity index is 1.75. The van der Waals surface area contributed by atoms with Crippen molar-refractivity contribution in [1.29, 1.82) is 0 Å². The predicted molar refractivity (Wildman–Crippen MR) is 85.5 cm³/mol. The van der Waals surface area contributed by atoms with Crippen LogP contribution in [0.5, 0.6) is 0 Å². The molecule has 0 amide bonds. The first-order valence-electron chi connectivity index (χ1n) is 8.08. The van der Waals surface area contributed by atoms with Gasteiger partial charge in [0.05, 0.1) is 7.85 Å². The lowest BCUT2D eigenvalue weighted by Crippen LogP contribution is -2.28. The van der Waals surface area contributed by atoms with Crippen LogP contribution in [0.3, 0.4) is 0 Å². The van der Waals surface area contributed by atoms with Gasteiger partial charge in [-0.1, -0.05) is 73.7 Å². The molecule has 0 aromatic rings. The Labute approximate surface area is 124 Å². The molecule has 5 atom stereocenters. The van der Waals surface area contributed by atoms with E-state index in [2.05, 4.69) is 50.3 Å². The van der Waals surface area contributed by atoms with Crippen LogP contribution in [-0.2, 0) is 0 Å². The minimum Gasteiger partial charge on any atom is -0.0935 e. The maximum absolute atomic E-state index is 6.19. The van der Waals surface area contributed by atoms with Crippen LogP contribution in [0.15, 0.2) is 47.6 Å². The van der Waals surface area contributed by atoms with Gasteiger partial charge in [0.25, 0.3) is 0 Å². The molecule has 0 spiro atoms. The minimum atomic E-state index is 0.263. The fourth-order valence-electron chi connectivity index (χ4n) is 5.14. The highest BCUT2D eigenvalue weighted by atomic mass is 14.5. The normalized spacial score (nSPS) is 44.2. The SMILES string of the molecule is [B]C1C=CC2C3=C(CC4C=CC=CC4C3)C(C)(C)C2C1. The second kappa shape index (κ2) is 4.26. The summed E-state index contributed by atoms with van der Waals surface area (Å²) in [7, 11) is 6.19. The zero-order valence-electron chi connectivity index (χ0n) is 12.5. The molecule has 2 radical (unpaired) electrons. The topological polar surface area (TPSA) is 0 Å². The Morgan fingerprint density at radius 2 is 1.70 bits per heavy atom. The van der Waals surface area contributed by atoms with Crippen LogP contribution in [0.25, 0.3) is 0 Å². The van der Waals surface area contributed by atoms with Crippen molar-refractivity contribution < 1.29 is 0 Å². The molecule has 0 aromatic carbocycles. The van der Waals surface area contributed by atoms with Gasteiger partial charge in [0, 0.05) is 5.92 Å². The molecule has 0 aliphatic heterocycles. The van der Waals surface area contributed by atoms with E-state index in [-0.39, 0.29) is 5.82 Å². The molecule has 1 heteroatoms. The third kappa shape index (κ3) is 1.68. The lowest BCUT2D eigenvalue weighted by Gasteiger charge is -2.37. The summed E-state index contributed by atoms with van der Waals surface area (Å²) < 4.78 is 0. The Kier molecular flexibility index (Phi) is 2.71. The van der Waals surface area contributed by atoms with Gasteiger partial charge in [-0.3, -0.25) is 0 Å². The summed E-state index contributed by atoms with van der Waals surface area (Å²) in [4.78, 5) is 0. The third-order valence-corrected chi connectivity index (χ3v) is 6.29. The highest BCUT2D eigenvalue weighted by Gasteiger charge is 2.50. The molecule has 102 valence electrons. The first-order chi connectivity index (χ1) is 9.57. The van der Waals surface area contributed by atoms with E-state index in [0.717, 1.165) is 24.2 Å². The molecule has 0 aromatic heterocycles. The quantitative estimate of drug-likeness (QED) is 0.441. The highest BCUT2D eigenvalue weighted by molar-refractivity contribution is 6.13. The van der Waals surface area contributed by atoms with Gasteiger partial charge < -0.3 is 0 Å². The average molecular weight is 262 g/mol. The van der Waals surface area contributed by atoms with Gasteiger partial charge >= 0.3 is 0 Å². The summed E-state index contributed by atoms with van der Waals surface area (Å²) in [6.45, 7) is 4.92. The van der Waals surface area contributed by atoms with Crippen molar-refractivity contribution in [3.63, 3.8) is 0 Å². The lowest BCUT2D eigenvalue weighted by molar-refractivity contribution is 0.230. The van der Waals surface area contributed by atoms with Gasteiger partial charge in [-0.25, -0.2) is 0 Å². The van der Waals surface area contributed by atoms with Crippen LogP contribution < -0.4 is 0 Å². The molecule has 5 unspecified atom stereocenters. The molecule has 4 rings (SSSR count). The van der Waals surface area contributed by atoms with Crippen molar-refractivity contribution in [2.75, 3.05) is 0 Å². The molecule has 0 heterocycles. The average Bonchev–Trinajstić information content (AvgIpc) is 2.65. The summed E-state index contributed by atoms with van der Waals surface area (Å²) in [5, 5.41) is 0. The number of hydrogen-bond donors (Lipinski definition) is 0. The van der Waals surface area contributed by atoms with Crippen molar-refractivity contribution in [3.05, 3.63) is 47.6 Å². The number of fused-ring (bicyclic) bond motifs is 3. The van der Waals surface area contributed by atoms with Crippen molar-refractivity contribution in [1.82, 2.24) is 0 Å². The van der Waals surface area contributed by atoms with E-state index in [4.69, 9.17) is 7.85 Å². The summed E-state index contributed by atoms with van der Waals surface area (Å²) in [6, 6.07) is 0. The zero-order chi connectivity index (χ0) is 13.9. The fraction of sp³-hybridized carbons (Fsp3) is 0.579. The zero-order valence-corrected chi connectivity index (χ0v) is 12.5. The van der Waals surface area contributed by atoms with Gasteiger partial charge in [0.2, 0.25) is 0 Å². The van der Waals surface area contributed by atoms with Crippen molar-refractivity contribution in [2.24, 2.45) is 29.1 Å². The standard InChI is InChI=1S/C19H23B/c1-19(2)17-10-13-6-4-3-5-12(13)9-16(17)15-8-7-14(20)11-18(15)19/h3-8,12-15,18H,9-11H2,1-2H3. The highest BCUT2D eigenvalue weighted by Crippen LogP contribution is 2.61. The van der Waals surface area contributed by atoms with Gasteiger partial charge in [-0.15, -0.1) is 0 Å². The van der Waals surface area contributed by atoms with E-state index in [1.807, 2.05) is 0 Å². The van der Waals surface area contributed by atoms with E-state index in [0.29, 0.717) is 11.3 Å². The summed E-state index contributed by atoms with van der Waals surface area (Å²) in [5.41, 5.74) is 3.85. The molecular weight excluding hydrogens is 239 g/mol. The Morgan fingerprint density at radius 1 is 1.00 bits per heavy atom. The van der Waals surface area contributed by atoms with E-state index in [9.17, 15) is 0 Å². The first kappa shape index (κ1) is 12.7. The predicted octanol–water partition coefficient (Wildman–Crippen LogP) is 4.62. The van der Waals surface area contributed by atoms with Gasteiger partial charge in [-0.05, 0) is 36.0 Å². The van der Waals surface area contributed by atoms with Crippen molar-refractivity contribution in [2.45, 2.75) is 38.9 Å². The third-order valence-electron chi connectivity index (χ3n) is 6.29. The van der Waals surface area contributed by atoms with Gasteiger partial charge in [-0.2, -0.15) is 0 Å². The molecule has 0 saturated carbocycles. The van der Waals surface area contributed by atoms with Crippen LogP contribution in [0, 0.1) is 29.1 Å². The molecule has 4 aliphatic rings. The van der Waals surface area contributed by atoms with E-state index in [1.54, 1.807) is 11.1 Å². The maximum Gasteiger partial charge on any atom is 0.0755 e. The van der Waals surface area contributed by atoms with Crippen molar-refractivity contribution in [3.8, 4) is 0 Å². The van der Waals surface area contributed by atoms with Crippen molar-refractivity contribution >= 4 is 7.85 Å². The van der Waals surface area contributed by atoms with Gasteiger partial charge in [0.15, 0.2) is 0 Å². The number of hydrogen-bond acceptors (Lipinski definition) is 0. The molecule has 0 fully saturated rings. The summed E-state index contributed by atoms with van der Waals surface area (Å²) in [5.74, 6) is 3.12. The maximum atomic E-state index is 6.19. The number of allylic oxidation sites excluding steroid dienone is 8. The van der Waals surface area contributed by atoms with Crippen LogP contribution in [0.1, 0.15) is 33.1 Å². The van der Waals surface area contributed by atoms with Crippen LogP contribution in [0.2, 0.25) is 5.82 Å². The monoisotopic (exact) mass is 262 g/mol. The van der Waals surface area contributed by atoms with Crippen LogP contribution in [-0.4, -0.2) is 7.85 Å². The minimum absolute atomic E-state index is 0.263. The summed E-state index contributed by atoms with van der Waals surface area (Å²) in [6.07, 6.45) is 17.7. The second-order valence-electron chi connectivity index (χ2n) is 7.65. The Morgan fingerprint density at radius 3 is 2.45 bits per heavy atom. The lowest BCUT2D eigenvalue weighted by atomic mass is 9.64.